The highest BCUT2D eigenvalue weighted by atomic mass is 19.4. The number of phenolic OH excluding ortho intramolecular Hbond substituents is 1. The molecule has 2 aromatic carbocycles. The van der Waals surface area contributed by atoms with E-state index < -0.39 is 29.4 Å². The molecule has 1 aromatic heterocycles. The average Bonchev–Trinajstić information content (AvgIpc) is 3.25. The zero-order chi connectivity index (χ0) is 22.4. The minimum absolute atomic E-state index is 0.0920. The summed E-state index contributed by atoms with van der Waals surface area (Å²) in [6.07, 6.45) is -0.674. The van der Waals surface area contributed by atoms with Crippen LogP contribution in [0.4, 0.5) is 13.2 Å². The Hall–Kier alpha value is -3.82. The van der Waals surface area contributed by atoms with Crippen LogP contribution in [-0.4, -0.2) is 33.3 Å². The summed E-state index contributed by atoms with van der Waals surface area (Å²) in [5, 5.41) is 12.4. The molecular weight excluding hydrogens is 415 g/mol. The molecule has 3 aromatic rings. The molecular formula is C21H18F3N3O4. The summed E-state index contributed by atoms with van der Waals surface area (Å²) >= 11 is 0. The maximum atomic E-state index is 12.7. The summed E-state index contributed by atoms with van der Waals surface area (Å²) < 4.78 is 43.4. The van der Waals surface area contributed by atoms with Crippen LogP contribution >= 0.6 is 0 Å². The van der Waals surface area contributed by atoms with Crippen LogP contribution in [0.1, 0.15) is 27.2 Å². The topological polar surface area (TPSA) is 104 Å². The number of imidazole rings is 1. The van der Waals surface area contributed by atoms with Crippen molar-refractivity contribution in [1.29, 1.82) is 0 Å². The van der Waals surface area contributed by atoms with Crippen molar-refractivity contribution in [3.63, 3.8) is 0 Å². The summed E-state index contributed by atoms with van der Waals surface area (Å²) in [5.74, 6) is -1.24. The summed E-state index contributed by atoms with van der Waals surface area (Å²) in [6, 6.07) is 7.98. The van der Waals surface area contributed by atoms with E-state index in [9.17, 15) is 27.9 Å². The van der Waals surface area contributed by atoms with Gasteiger partial charge in [-0.3, -0.25) is 4.79 Å². The van der Waals surface area contributed by atoms with Gasteiger partial charge in [-0.2, -0.15) is 13.2 Å². The molecule has 0 saturated heterocycles. The molecule has 1 amide bonds. The van der Waals surface area contributed by atoms with Gasteiger partial charge in [-0.25, -0.2) is 4.98 Å². The van der Waals surface area contributed by atoms with Crippen molar-refractivity contribution >= 4 is 12.2 Å². The van der Waals surface area contributed by atoms with Crippen LogP contribution in [0.15, 0.2) is 55.0 Å². The lowest BCUT2D eigenvalue weighted by Gasteiger charge is -2.13. The Bertz CT molecular complexity index is 1050. The van der Waals surface area contributed by atoms with Crippen molar-refractivity contribution in [3.8, 4) is 11.5 Å². The number of aromatic nitrogens is 2. The van der Waals surface area contributed by atoms with Gasteiger partial charge in [0.25, 0.3) is 5.91 Å². The number of benzene rings is 2. The lowest BCUT2D eigenvalue weighted by atomic mass is 10.1. The van der Waals surface area contributed by atoms with Gasteiger partial charge in [0, 0.05) is 23.9 Å². The van der Waals surface area contributed by atoms with Gasteiger partial charge < -0.3 is 24.9 Å². The molecule has 3 N–H and O–H groups in total. The standard InChI is InChI=1S/C21H18F3N3O4/c22-21(23,24)15-4-5-19(18(29)7-15)31-11-13-2-1-3-14(6-13)20(30)27-17(10-28)8-16-9-25-12-26-16/h1-7,9-10,12,17,29H,8,11H2,(H,25,26)(H,27,30). The third-order valence-electron chi connectivity index (χ3n) is 4.35. The highest BCUT2D eigenvalue weighted by Crippen LogP contribution is 2.35. The van der Waals surface area contributed by atoms with Crippen molar-refractivity contribution in [2.24, 2.45) is 0 Å². The second-order valence-corrected chi connectivity index (χ2v) is 6.67. The van der Waals surface area contributed by atoms with E-state index >= 15 is 0 Å². The largest absolute Gasteiger partial charge is 0.504 e. The molecule has 3 rings (SSSR count). The summed E-state index contributed by atoms with van der Waals surface area (Å²) in [4.78, 5) is 30.5. The average molecular weight is 433 g/mol. The molecule has 162 valence electrons. The third-order valence-corrected chi connectivity index (χ3v) is 4.35. The van der Waals surface area contributed by atoms with Gasteiger partial charge in [0.15, 0.2) is 11.5 Å². The summed E-state index contributed by atoms with van der Waals surface area (Å²) in [6.45, 7) is -0.0920. The van der Waals surface area contributed by atoms with E-state index in [0.29, 0.717) is 23.6 Å². The van der Waals surface area contributed by atoms with E-state index in [1.54, 1.807) is 24.4 Å². The lowest BCUT2D eigenvalue weighted by Crippen LogP contribution is -2.37. The Labute approximate surface area is 174 Å². The third kappa shape index (κ3) is 5.84. The number of hydrogen-bond donors (Lipinski definition) is 3. The van der Waals surface area contributed by atoms with Gasteiger partial charge in [0.1, 0.15) is 12.9 Å². The van der Waals surface area contributed by atoms with E-state index in [4.69, 9.17) is 4.74 Å². The number of halogens is 3. The number of hydrogen-bond acceptors (Lipinski definition) is 5. The first-order valence-corrected chi connectivity index (χ1v) is 9.11. The quantitative estimate of drug-likeness (QED) is 0.473. The number of aromatic amines is 1. The first-order chi connectivity index (χ1) is 14.8. The molecule has 1 atom stereocenters. The Morgan fingerprint density at radius 2 is 2.06 bits per heavy atom. The van der Waals surface area contributed by atoms with E-state index in [-0.39, 0.29) is 24.3 Å². The van der Waals surface area contributed by atoms with E-state index in [2.05, 4.69) is 15.3 Å². The Balaban J connectivity index is 1.63. The van der Waals surface area contributed by atoms with Gasteiger partial charge in [-0.1, -0.05) is 12.1 Å². The van der Waals surface area contributed by atoms with Gasteiger partial charge in [0.2, 0.25) is 0 Å². The van der Waals surface area contributed by atoms with Gasteiger partial charge in [0.05, 0.1) is 17.9 Å². The number of nitrogens with zero attached hydrogens (tertiary/aromatic N) is 1. The minimum atomic E-state index is -4.57. The minimum Gasteiger partial charge on any atom is -0.504 e. The van der Waals surface area contributed by atoms with Crippen LogP contribution in [0.3, 0.4) is 0 Å². The van der Waals surface area contributed by atoms with Crippen LogP contribution in [0.5, 0.6) is 11.5 Å². The maximum absolute atomic E-state index is 12.7. The number of rotatable bonds is 8. The number of carbonyl (C=O) groups is 2. The highest BCUT2D eigenvalue weighted by molar-refractivity contribution is 5.95. The Kier molecular flexibility index (Phi) is 6.58. The zero-order valence-electron chi connectivity index (χ0n) is 16.0. The second-order valence-electron chi connectivity index (χ2n) is 6.67. The first-order valence-electron chi connectivity index (χ1n) is 9.11. The molecule has 10 heteroatoms. The molecule has 0 aliphatic rings. The normalized spacial score (nSPS) is 12.2. The Morgan fingerprint density at radius 1 is 1.26 bits per heavy atom. The molecule has 7 nitrogen and oxygen atoms in total. The van der Waals surface area contributed by atoms with Crippen molar-refractivity contribution in [2.75, 3.05) is 0 Å². The number of H-pyrrole nitrogens is 1. The number of nitrogens with one attached hydrogen (secondary N) is 2. The number of carbonyl (C=O) groups excluding carboxylic acids is 2. The Morgan fingerprint density at radius 3 is 2.71 bits per heavy atom. The summed E-state index contributed by atoms with van der Waals surface area (Å²) in [7, 11) is 0. The molecule has 0 radical (unpaired) electrons. The highest BCUT2D eigenvalue weighted by Gasteiger charge is 2.31. The monoisotopic (exact) mass is 433 g/mol. The number of phenols is 1. The number of alkyl halides is 3. The van der Waals surface area contributed by atoms with Gasteiger partial charge in [-0.15, -0.1) is 0 Å². The number of ether oxygens (including phenoxy) is 1. The molecule has 31 heavy (non-hydrogen) atoms. The maximum Gasteiger partial charge on any atom is 0.416 e. The van der Waals surface area contributed by atoms with Crippen molar-refractivity contribution < 1.29 is 32.6 Å². The number of aldehydes is 1. The molecule has 0 spiro atoms. The molecule has 0 bridgehead atoms. The first kappa shape index (κ1) is 21.9. The van der Waals surface area contributed by atoms with Crippen molar-refractivity contribution in [1.82, 2.24) is 15.3 Å². The molecule has 0 saturated carbocycles. The predicted molar refractivity (Wildman–Crippen MR) is 103 cm³/mol. The van der Waals surface area contributed by atoms with Crippen LogP contribution in [0.2, 0.25) is 0 Å². The lowest BCUT2D eigenvalue weighted by molar-refractivity contribution is -0.137. The zero-order valence-corrected chi connectivity index (χ0v) is 16.0. The smallest absolute Gasteiger partial charge is 0.416 e. The fourth-order valence-electron chi connectivity index (χ4n) is 2.80. The van der Waals surface area contributed by atoms with Crippen LogP contribution in [0, 0.1) is 0 Å². The van der Waals surface area contributed by atoms with E-state index in [1.165, 1.54) is 12.4 Å². The van der Waals surface area contributed by atoms with E-state index in [0.717, 1.165) is 12.1 Å². The van der Waals surface area contributed by atoms with Crippen LogP contribution in [0.25, 0.3) is 0 Å². The van der Waals surface area contributed by atoms with Crippen LogP contribution < -0.4 is 10.1 Å². The fourth-order valence-corrected chi connectivity index (χ4v) is 2.80. The molecule has 1 unspecified atom stereocenters. The second kappa shape index (κ2) is 9.33. The SMILES string of the molecule is O=CC(Cc1cnc[nH]1)NC(=O)c1cccc(COc2ccc(C(F)(F)F)cc2O)c1. The van der Waals surface area contributed by atoms with Gasteiger partial charge in [-0.05, 0) is 35.9 Å². The van der Waals surface area contributed by atoms with E-state index in [1.807, 2.05) is 0 Å². The fraction of sp³-hybridized carbons (Fsp3) is 0.190. The molecule has 0 aliphatic heterocycles. The van der Waals surface area contributed by atoms with Crippen LogP contribution in [-0.2, 0) is 24.0 Å². The van der Waals surface area contributed by atoms with Gasteiger partial charge >= 0.3 is 6.18 Å². The number of aromatic hydroxyl groups is 1. The molecule has 0 aliphatic carbocycles. The molecule has 0 fully saturated rings. The van der Waals surface area contributed by atoms with Crippen molar-refractivity contribution in [2.45, 2.75) is 25.2 Å². The number of amides is 1. The molecule has 1 heterocycles. The predicted octanol–water partition coefficient (Wildman–Crippen LogP) is 3.25. The van der Waals surface area contributed by atoms with Crippen molar-refractivity contribution in [3.05, 3.63) is 77.4 Å². The summed E-state index contributed by atoms with van der Waals surface area (Å²) in [5.41, 5.74) is 0.518.